The predicted molar refractivity (Wildman–Crippen MR) is 119 cm³/mol. The maximum Gasteiger partial charge on any atom is 0.230 e. The fourth-order valence-corrected chi connectivity index (χ4v) is 3.49. The number of amides is 1. The van der Waals surface area contributed by atoms with Gasteiger partial charge in [0.25, 0.3) is 0 Å². The number of benzene rings is 2. The molecule has 2 aromatic carbocycles. The Morgan fingerprint density at radius 3 is 2.59 bits per heavy atom. The molecule has 1 amide bonds. The van der Waals surface area contributed by atoms with E-state index in [9.17, 15) is 9.90 Å². The molecule has 0 saturated heterocycles. The molecular formula is C23H30N4O2. The van der Waals surface area contributed by atoms with Crippen LogP contribution >= 0.6 is 0 Å². The second-order valence-corrected chi connectivity index (χ2v) is 8.16. The van der Waals surface area contributed by atoms with Gasteiger partial charge in [-0.25, -0.2) is 0 Å². The molecule has 154 valence electrons. The molecule has 1 heterocycles. The van der Waals surface area contributed by atoms with Crippen molar-refractivity contribution in [3.05, 3.63) is 53.1 Å². The minimum Gasteiger partial charge on any atom is -0.508 e. The van der Waals surface area contributed by atoms with E-state index in [2.05, 4.69) is 45.0 Å². The quantitative estimate of drug-likeness (QED) is 0.638. The van der Waals surface area contributed by atoms with Crippen molar-refractivity contribution < 1.29 is 9.90 Å². The van der Waals surface area contributed by atoms with Crippen molar-refractivity contribution in [1.82, 2.24) is 5.43 Å². The number of hydrazone groups is 1. The zero-order valence-corrected chi connectivity index (χ0v) is 17.8. The highest BCUT2D eigenvalue weighted by Crippen LogP contribution is 2.31. The van der Waals surface area contributed by atoms with Gasteiger partial charge in [-0.05, 0) is 53.8 Å². The first kappa shape index (κ1) is 20.7. The number of phenolic OH excluding ortho intramolecular Hbond substituents is 1. The maximum absolute atomic E-state index is 12.6. The Hall–Kier alpha value is -3.02. The molecule has 3 rings (SSSR count). The van der Waals surface area contributed by atoms with Gasteiger partial charge in [-0.15, -0.1) is 0 Å². The number of phenols is 1. The number of carbonyl (C=O) groups is 1. The average Bonchev–Trinajstić information content (AvgIpc) is 3.12. The molecule has 0 fully saturated rings. The molecule has 0 aliphatic carbocycles. The largest absolute Gasteiger partial charge is 0.508 e. The summed E-state index contributed by atoms with van der Waals surface area (Å²) in [6, 6.07) is 12.0. The van der Waals surface area contributed by atoms with Crippen LogP contribution in [-0.4, -0.2) is 30.8 Å². The Bertz CT molecular complexity index is 917. The predicted octanol–water partition coefficient (Wildman–Crippen LogP) is 4.31. The van der Waals surface area contributed by atoms with E-state index in [1.165, 1.54) is 0 Å². The first-order chi connectivity index (χ1) is 13.7. The summed E-state index contributed by atoms with van der Waals surface area (Å²) in [5.74, 6) is 0.343. The van der Waals surface area contributed by atoms with E-state index in [0.29, 0.717) is 6.42 Å². The van der Waals surface area contributed by atoms with E-state index in [0.717, 1.165) is 33.8 Å². The van der Waals surface area contributed by atoms with Gasteiger partial charge in [0.2, 0.25) is 5.91 Å². The molecule has 29 heavy (non-hydrogen) atoms. The van der Waals surface area contributed by atoms with Gasteiger partial charge in [0, 0.05) is 37.6 Å². The summed E-state index contributed by atoms with van der Waals surface area (Å²) in [6.07, 6.45) is 0.956. The summed E-state index contributed by atoms with van der Waals surface area (Å²) in [4.78, 5) is 14.6. The lowest BCUT2D eigenvalue weighted by Gasteiger charge is -2.15. The maximum atomic E-state index is 12.6. The van der Waals surface area contributed by atoms with Crippen LogP contribution in [0.2, 0.25) is 0 Å². The van der Waals surface area contributed by atoms with Gasteiger partial charge >= 0.3 is 0 Å². The Kier molecular flexibility index (Phi) is 6.11. The van der Waals surface area contributed by atoms with Gasteiger partial charge < -0.3 is 20.7 Å². The monoisotopic (exact) mass is 394 g/mol. The van der Waals surface area contributed by atoms with Crippen LogP contribution < -0.4 is 15.6 Å². The molecular weight excluding hydrogens is 364 g/mol. The number of hydrogen-bond donors (Lipinski definition) is 3. The van der Waals surface area contributed by atoms with Gasteiger partial charge in [-0.3, -0.25) is 4.79 Å². The van der Waals surface area contributed by atoms with E-state index < -0.39 is 0 Å². The SMILES string of the molecule is Cc1cc(O)c(C(C)C)cc1NC(=O)CC1=NNC(c2ccc(N(C)C)cc2)C1. The van der Waals surface area contributed by atoms with Gasteiger partial charge in [0.1, 0.15) is 5.75 Å². The van der Waals surface area contributed by atoms with Gasteiger partial charge in [-0.2, -0.15) is 5.10 Å². The molecule has 0 spiro atoms. The first-order valence-electron chi connectivity index (χ1n) is 9.96. The molecule has 0 aromatic heterocycles. The number of carbonyl (C=O) groups excluding carboxylic acids is 1. The molecule has 6 nitrogen and oxygen atoms in total. The molecule has 1 aliphatic rings. The summed E-state index contributed by atoms with van der Waals surface area (Å²) >= 11 is 0. The van der Waals surface area contributed by atoms with Gasteiger partial charge in [-0.1, -0.05) is 26.0 Å². The van der Waals surface area contributed by atoms with Crippen LogP contribution in [0.25, 0.3) is 0 Å². The second kappa shape index (κ2) is 8.55. The first-order valence-corrected chi connectivity index (χ1v) is 9.96. The van der Waals surface area contributed by atoms with Crippen molar-refractivity contribution in [2.75, 3.05) is 24.3 Å². The third kappa shape index (κ3) is 4.88. The van der Waals surface area contributed by atoms with E-state index >= 15 is 0 Å². The topological polar surface area (TPSA) is 77.0 Å². The van der Waals surface area contributed by atoms with Crippen molar-refractivity contribution in [2.45, 2.75) is 45.6 Å². The van der Waals surface area contributed by atoms with Gasteiger partial charge in [0.05, 0.1) is 12.5 Å². The van der Waals surface area contributed by atoms with Gasteiger partial charge in [0.15, 0.2) is 0 Å². The smallest absolute Gasteiger partial charge is 0.230 e. The van der Waals surface area contributed by atoms with Crippen molar-refractivity contribution in [3.8, 4) is 5.75 Å². The average molecular weight is 395 g/mol. The number of hydrogen-bond acceptors (Lipinski definition) is 5. The van der Waals surface area contributed by atoms with Crippen LogP contribution in [0.4, 0.5) is 11.4 Å². The minimum absolute atomic E-state index is 0.0944. The molecule has 0 radical (unpaired) electrons. The zero-order valence-electron chi connectivity index (χ0n) is 17.8. The van der Waals surface area contributed by atoms with Crippen LogP contribution in [0.1, 0.15) is 55.3 Å². The number of anilines is 2. The van der Waals surface area contributed by atoms with E-state index in [4.69, 9.17) is 0 Å². The number of nitrogens with one attached hydrogen (secondary N) is 2. The van der Waals surface area contributed by atoms with Crippen LogP contribution in [0.15, 0.2) is 41.5 Å². The molecule has 1 atom stereocenters. The third-order valence-electron chi connectivity index (χ3n) is 5.26. The molecule has 1 unspecified atom stereocenters. The molecule has 2 aromatic rings. The number of rotatable bonds is 6. The summed E-state index contributed by atoms with van der Waals surface area (Å²) < 4.78 is 0. The lowest BCUT2D eigenvalue weighted by atomic mass is 9.99. The van der Waals surface area contributed by atoms with E-state index in [-0.39, 0.29) is 30.0 Å². The lowest BCUT2D eigenvalue weighted by Crippen LogP contribution is -2.17. The zero-order chi connectivity index (χ0) is 21.1. The summed E-state index contributed by atoms with van der Waals surface area (Å²) in [7, 11) is 4.03. The fourth-order valence-electron chi connectivity index (χ4n) is 3.49. The van der Waals surface area contributed by atoms with Crippen LogP contribution in [0.3, 0.4) is 0 Å². The Morgan fingerprint density at radius 1 is 1.28 bits per heavy atom. The Balaban J connectivity index is 1.60. The summed E-state index contributed by atoms with van der Waals surface area (Å²) in [6.45, 7) is 5.90. The normalized spacial score (nSPS) is 15.8. The van der Waals surface area contributed by atoms with Crippen LogP contribution in [0.5, 0.6) is 5.75 Å². The third-order valence-corrected chi connectivity index (χ3v) is 5.26. The molecule has 3 N–H and O–H groups in total. The molecule has 1 aliphatic heterocycles. The number of aryl methyl sites for hydroxylation is 1. The second-order valence-electron chi connectivity index (χ2n) is 8.16. The molecule has 6 heteroatoms. The van der Waals surface area contributed by atoms with Crippen LogP contribution in [-0.2, 0) is 4.79 Å². The summed E-state index contributed by atoms with van der Waals surface area (Å²) in [5, 5.41) is 17.4. The Morgan fingerprint density at radius 2 is 1.97 bits per heavy atom. The fraction of sp³-hybridized carbons (Fsp3) is 0.391. The standard InChI is InChI=1S/C23H30N4O2/c1-14(2)19-13-20(15(3)10-22(19)28)24-23(29)12-17-11-21(26-25-17)16-6-8-18(9-7-16)27(4)5/h6-10,13-14,21,26,28H,11-12H2,1-5H3,(H,24,29). The van der Waals surface area contributed by atoms with Crippen molar-refractivity contribution in [1.29, 1.82) is 0 Å². The van der Waals surface area contributed by atoms with Crippen molar-refractivity contribution in [2.24, 2.45) is 5.10 Å². The molecule has 0 bridgehead atoms. The highest BCUT2D eigenvalue weighted by Gasteiger charge is 2.22. The minimum atomic E-state index is -0.0994. The highest BCUT2D eigenvalue weighted by atomic mass is 16.3. The molecule has 0 saturated carbocycles. The van der Waals surface area contributed by atoms with E-state index in [1.54, 1.807) is 6.07 Å². The number of aromatic hydroxyl groups is 1. The van der Waals surface area contributed by atoms with E-state index in [1.807, 2.05) is 40.9 Å². The highest BCUT2D eigenvalue weighted by molar-refractivity contribution is 6.07. The van der Waals surface area contributed by atoms with Crippen molar-refractivity contribution in [3.63, 3.8) is 0 Å². The lowest BCUT2D eigenvalue weighted by molar-refractivity contribution is -0.115. The van der Waals surface area contributed by atoms with Crippen LogP contribution in [0, 0.1) is 6.92 Å². The van der Waals surface area contributed by atoms with Crippen molar-refractivity contribution >= 4 is 23.0 Å². The number of nitrogens with zero attached hydrogens (tertiary/aromatic N) is 2. The summed E-state index contributed by atoms with van der Waals surface area (Å²) in [5.41, 5.74) is 8.69. The Labute approximate surface area is 172 Å².